The normalized spacial score (nSPS) is 10.5. The van der Waals surface area contributed by atoms with Crippen LogP contribution in [0.5, 0.6) is 5.75 Å². The van der Waals surface area contributed by atoms with Crippen molar-refractivity contribution in [3.05, 3.63) is 65.8 Å². The minimum atomic E-state index is -0.0889. The number of ether oxygens (including phenoxy) is 1. The van der Waals surface area contributed by atoms with Gasteiger partial charge in [-0.05, 0) is 37.1 Å². The molecule has 3 aromatic rings. The van der Waals surface area contributed by atoms with Crippen molar-refractivity contribution in [1.82, 2.24) is 15.3 Å². The number of nitrogens with one attached hydrogen (secondary N) is 1. The molecule has 0 bridgehead atoms. The predicted molar refractivity (Wildman–Crippen MR) is 97.9 cm³/mol. The van der Waals surface area contributed by atoms with Gasteiger partial charge in [0, 0.05) is 18.9 Å². The first-order valence-electron chi connectivity index (χ1n) is 8.42. The van der Waals surface area contributed by atoms with Crippen molar-refractivity contribution in [1.29, 1.82) is 0 Å². The third-order valence-corrected chi connectivity index (χ3v) is 4.04. The summed E-state index contributed by atoms with van der Waals surface area (Å²) in [5.41, 5.74) is 2.49. The maximum atomic E-state index is 12.2. The van der Waals surface area contributed by atoms with Crippen LogP contribution in [0.3, 0.4) is 0 Å². The van der Waals surface area contributed by atoms with Gasteiger partial charge in [0.15, 0.2) is 0 Å². The van der Waals surface area contributed by atoms with Gasteiger partial charge >= 0.3 is 0 Å². The fourth-order valence-electron chi connectivity index (χ4n) is 2.67. The van der Waals surface area contributed by atoms with E-state index in [1.165, 1.54) is 0 Å². The van der Waals surface area contributed by atoms with Crippen molar-refractivity contribution in [3.63, 3.8) is 0 Å². The first kappa shape index (κ1) is 17.7. The Morgan fingerprint density at radius 2 is 2.08 bits per heavy atom. The van der Waals surface area contributed by atoms with Gasteiger partial charge in [-0.25, -0.2) is 4.98 Å². The number of carbonyl (C=O) groups excluding carboxylic acids is 1. The van der Waals surface area contributed by atoms with Crippen LogP contribution in [0.25, 0.3) is 11.5 Å². The number of oxazole rings is 1. The number of hydrogen-bond acceptors (Lipinski definition) is 5. The smallest absolute Gasteiger partial charge is 0.228 e. The highest BCUT2D eigenvalue weighted by atomic mass is 16.5. The fourth-order valence-corrected chi connectivity index (χ4v) is 2.67. The Balaban J connectivity index is 1.56. The Labute approximate surface area is 152 Å². The van der Waals surface area contributed by atoms with E-state index in [4.69, 9.17) is 9.15 Å². The molecule has 0 saturated carbocycles. The molecule has 0 radical (unpaired) electrons. The lowest BCUT2D eigenvalue weighted by Gasteiger charge is -2.08. The molecule has 3 rings (SSSR count). The molecule has 0 fully saturated rings. The van der Waals surface area contributed by atoms with Crippen LogP contribution in [0.2, 0.25) is 0 Å². The summed E-state index contributed by atoms with van der Waals surface area (Å²) in [6, 6.07) is 11.5. The van der Waals surface area contributed by atoms with Gasteiger partial charge in [-0.3, -0.25) is 9.78 Å². The van der Waals surface area contributed by atoms with Gasteiger partial charge in [-0.15, -0.1) is 0 Å². The van der Waals surface area contributed by atoms with Gasteiger partial charge in [-0.2, -0.15) is 0 Å². The van der Waals surface area contributed by atoms with Gasteiger partial charge in [0.1, 0.15) is 11.5 Å². The molecule has 2 heterocycles. The standard InChI is InChI=1S/C20H21N3O3/c1-14-17(23-20(26-14)16-7-5-10-21-13-16)12-19(24)22-11-9-15-6-3-4-8-18(15)25-2/h3-8,10,13H,9,11-12H2,1-2H3,(H,22,24). The monoisotopic (exact) mass is 351 g/mol. The number of rotatable bonds is 7. The molecule has 0 unspecified atom stereocenters. The zero-order chi connectivity index (χ0) is 18.4. The molecule has 134 valence electrons. The van der Waals surface area contributed by atoms with Crippen LogP contribution < -0.4 is 10.1 Å². The van der Waals surface area contributed by atoms with E-state index in [1.54, 1.807) is 19.5 Å². The average Bonchev–Trinajstić information content (AvgIpc) is 3.03. The number of aryl methyl sites for hydroxylation is 1. The number of nitrogens with zero attached hydrogens (tertiary/aromatic N) is 2. The van der Waals surface area contributed by atoms with Crippen LogP contribution in [0, 0.1) is 6.92 Å². The molecule has 1 N–H and O–H groups in total. The van der Waals surface area contributed by atoms with E-state index in [0.717, 1.165) is 16.9 Å². The summed E-state index contributed by atoms with van der Waals surface area (Å²) < 4.78 is 11.0. The van der Waals surface area contributed by atoms with E-state index < -0.39 is 0 Å². The van der Waals surface area contributed by atoms with Gasteiger partial charge in [0.25, 0.3) is 0 Å². The second-order valence-electron chi connectivity index (χ2n) is 5.85. The molecular weight excluding hydrogens is 330 g/mol. The minimum absolute atomic E-state index is 0.0889. The quantitative estimate of drug-likeness (QED) is 0.708. The third kappa shape index (κ3) is 4.27. The summed E-state index contributed by atoms with van der Waals surface area (Å²) in [7, 11) is 1.64. The summed E-state index contributed by atoms with van der Waals surface area (Å²) in [5, 5.41) is 2.92. The molecule has 0 aliphatic rings. The number of benzene rings is 1. The third-order valence-electron chi connectivity index (χ3n) is 4.04. The number of hydrogen-bond donors (Lipinski definition) is 1. The first-order valence-corrected chi connectivity index (χ1v) is 8.42. The second kappa shape index (κ2) is 8.29. The lowest BCUT2D eigenvalue weighted by atomic mass is 10.1. The molecule has 0 atom stereocenters. The molecule has 1 aromatic carbocycles. The van der Waals surface area contributed by atoms with Crippen LogP contribution in [0.15, 0.2) is 53.2 Å². The van der Waals surface area contributed by atoms with Gasteiger partial charge in [-0.1, -0.05) is 18.2 Å². The Bertz CT molecular complexity index is 875. The lowest BCUT2D eigenvalue weighted by Crippen LogP contribution is -2.27. The molecule has 6 nitrogen and oxygen atoms in total. The molecule has 26 heavy (non-hydrogen) atoms. The van der Waals surface area contributed by atoms with Crippen LogP contribution in [-0.4, -0.2) is 29.5 Å². The van der Waals surface area contributed by atoms with E-state index in [9.17, 15) is 4.79 Å². The molecule has 2 aromatic heterocycles. The van der Waals surface area contributed by atoms with E-state index in [0.29, 0.717) is 30.3 Å². The van der Waals surface area contributed by atoms with Gasteiger partial charge < -0.3 is 14.5 Å². The predicted octanol–water partition coefficient (Wildman–Crippen LogP) is 2.96. The summed E-state index contributed by atoms with van der Waals surface area (Å²) in [5.74, 6) is 1.86. The molecule has 1 amide bonds. The van der Waals surface area contributed by atoms with E-state index in [1.807, 2.05) is 43.3 Å². The van der Waals surface area contributed by atoms with Crippen molar-refractivity contribution in [2.75, 3.05) is 13.7 Å². The zero-order valence-corrected chi connectivity index (χ0v) is 14.9. The molecule has 0 aliphatic carbocycles. The zero-order valence-electron chi connectivity index (χ0n) is 14.9. The number of pyridine rings is 1. The molecule has 6 heteroatoms. The lowest BCUT2D eigenvalue weighted by molar-refractivity contribution is -0.120. The average molecular weight is 351 g/mol. The summed E-state index contributed by atoms with van der Waals surface area (Å²) in [6.07, 6.45) is 4.26. The van der Waals surface area contributed by atoms with Gasteiger partial charge in [0.2, 0.25) is 11.8 Å². The molecular formula is C20H21N3O3. The van der Waals surface area contributed by atoms with Crippen molar-refractivity contribution >= 4 is 5.91 Å². The summed E-state index contributed by atoms with van der Waals surface area (Å²) >= 11 is 0. The van der Waals surface area contributed by atoms with Crippen LogP contribution in [0.1, 0.15) is 17.0 Å². The Hall–Kier alpha value is -3.15. The highest BCUT2D eigenvalue weighted by molar-refractivity contribution is 5.78. The highest BCUT2D eigenvalue weighted by Crippen LogP contribution is 2.21. The minimum Gasteiger partial charge on any atom is -0.496 e. The maximum absolute atomic E-state index is 12.2. The summed E-state index contributed by atoms with van der Waals surface area (Å²) in [6.45, 7) is 2.34. The Kier molecular flexibility index (Phi) is 5.63. The highest BCUT2D eigenvalue weighted by Gasteiger charge is 2.14. The fraction of sp³-hybridized carbons (Fsp3) is 0.250. The second-order valence-corrected chi connectivity index (χ2v) is 5.85. The molecule has 0 saturated heterocycles. The van der Waals surface area contributed by atoms with Crippen molar-refractivity contribution in [2.24, 2.45) is 0 Å². The number of amides is 1. The van der Waals surface area contributed by atoms with Crippen LogP contribution in [0.4, 0.5) is 0 Å². The topological polar surface area (TPSA) is 77.2 Å². The van der Waals surface area contributed by atoms with E-state index in [-0.39, 0.29) is 12.3 Å². The van der Waals surface area contributed by atoms with E-state index >= 15 is 0 Å². The van der Waals surface area contributed by atoms with Crippen molar-refractivity contribution in [3.8, 4) is 17.2 Å². The molecule has 0 aliphatic heterocycles. The Morgan fingerprint density at radius 3 is 2.85 bits per heavy atom. The largest absolute Gasteiger partial charge is 0.496 e. The SMILES string of the molecule is COc1ccccc1CCNC(=O)Cc1nc(-c2cccnc2)oc1C. The van der Waals surface area contributed by atoms with E-state index in [2.05, 4.69) is 15.3 Å². The van der Waals surface area contributed by atoms with Crippen LogP contribution in [-0.2, 0) is 17.6 Å². The molecule has 0 spiro atoms. The van der Waals surface area contributed by atoms with Crippen LogP contribution >= 0.6 is 0 Å². The number of carbonyl (C=O) groups is 1. The number of para-hydroxylation sites is 1. The maximum Gasteiger partial charge on any atom is 0.228 e. The van der Waals surface area contributed by atoms with Gasteiger partial charge in [0.05, 0.1) is 24.8 Å². The number of aromatic nitrogens is 2. The van der Waals surface area contributed by atoms with Crippen molar-refractivity contribution in [2.45, 2.75) is 19.8 Å². The number of methoxy groups -OCH3 is 1. The Morgan fingerprint density at radius 1 is 1.23 bits per heavy atom. The first-order chi connectivity index (χ1) is 12.7. The summed E-state index contributed by atoms with van der Waals surface area (Å²) in [4.78, 5) is 20.7. The van der Waals surface area contributed by atoms with Crippen molar-refractivity contribution < 1.29 is 13.9 Å².